The SMILES string of the molecule is CC[C@@H]1[C@H](F)C(=O)N[C@@H]1COc1ccc(F)c2cc(C(N)=O)c3nccn3c12. The van der Waals surface area contributed by atoms with Gasteiger partial charge in [-0.1, -0.05) is 6.92 Å². The molecule has 2 aromatic heterocycles. The van der Waals surface area contributed by atoms with Crippen LogP contribution in [0.1, 0.15) is 23.7 Å². The van der Waals surface area contributed by atoms with E-state index in [0.717, 1.165) is 0 Å². The lowest BCUT2D eigenvalue weighted by atomic mass is 9.97. The highest BCUT2D eigenvalue weighted by molar-refractivity contribution is 6.03. The molecule has 3 N–H and O–H groups in total. The third-order valence-electron chi connectivity index (χ3n) is 5.16. The number of carbonyl (C=O) groups excluding carboxylic acids is 2. The summed E-state index contributed by atoms with van der Waals surface area (Å²) in [5.41, 5.74) is 6.13. The van der Waals surface area contributed by atoms with Gasteiger partial charge in [0.15, 0.2) is 6.17 Å². The second kappa shape index (κ2) is 6.74. The van der Waals surface area contributed by atoms with Crippen LogP contribution < -0.4 is 15.8 Å². The van der Waals surface area contributed by atoms with Crippen molar-refractivity contribution in [1.29, 1.82) is 0 Å². The van der Waals surface area contributed by atoms with Crippen LogP contribution in [0.3, 0.4) is 0 Å². The summed E-state index contributed by atoms with van der Waals surface area (Å²) in [6, 6.07) is 3.52. The maximum atomic E-state index is 14.5. The van der Waals surface area contributed by atoms with Crippen molar-refractivity contribution in [2.75, 3.05) is 6.61 Å². The molecule has 9 heteroatoms. The molecule has 0 spiro atoms. The molecule has 0 aliphatic carbocycles. The number of carbonyl (C=O) groups is 2. The lowest BCUT2D eigenvalue weighted by Crippen LogP contribution is -2.34. The van der Waals surface area contributed by atoms with Crippen LogP contribution in [-0.2, 0) is 4.79 Å². The van der Waals surface area contributed by atoms with Gasteiger partial charge in [-0.05, 0) is 24.6 Å². The van der Waals surface area contributed by atoms with E-state index < -0.39 is 35.8 Å². The summed E-state index contributed by atoms with van der Waals surface area (Å²) in [7, 11) is 0. The lowest BCUT2D eigenvalue weighted by Gasteiger charge is -2.19. The molecule has 3 aromatic rings. The molecular formula is C19H18F2N4O3. The van der Waals surface area contributed by atoms with E-state index in [1.54, 1.807) is 13.1 Å². The fraction of sp³-hybridized carbons (Fsp3) is 0.316. The summed E-state index contributed by atoms with van der Waals surface area (Å²) in [5.74, 6) is -2.09. The smallest absolute Gasteiger partial charge is 0.255 e. The number of rotatable bonds is 5. The first-order valence-electron chi connectivity index (χ1n) is 8.87. The van der Waals surface area contributed by atoms with Gasteiger partial charge in [-0.3, -0.25) is 14.0 Å². The fourth-order valence-corrected chi connectivity index (χ4v) is 3.74. The van der Waals surface area contributed by atoms with Crippen LogP contribution in [0.15, 0.2) is 30.6 Å². The molecule has 3 heterocycles. The van der Waals surface area contributed by atoms with Crippen LogP contribution in [0, 0.1) is 11.7 Å². The van der Waals surface area contributed by atoms with Gasteiger partial charge in [0.25, 0.3) is 11.8 Å². The predicted octanol–water partition coefficient (Wildman–Crippen LogP) is 1.97. The number of hydrogen-bond acceptors (Lipinski definition) is 4. The van der Waals surface area contributed by atoms with E-state index in [1.165, 1.54) is 28.8 Å². The Morgan fingerprint density at radius 3 is 2.93 bits per heavy atom. The number of nitrogens with two attached hydrogens (primary N) is 1. The quantitative estimate of drug-likeness (QED) is 0.698. The summed E-state index contributed by atoms with van der Waals surface area (Å²) in [6.07, 6.45) is 1.95. The molecule has 1 aliphatic heterocycles. The molecule has 0 unspecified atom stereocenters. The van der Waals surface area contributed by atoms with Gasteiger partial charge < -0.3 is 15.8 Å². The molecule has 146 valence electrons. The lowest BCUT2D eigenvalue weighted by molar-refractivity contribution is -0.123. The highest BCUT2D eigenvalue weighted by Gasteiger charge is 2.41. The Balaban J connectivity index is 1.76. The number of primary amides is 1. The zero-order valence-electron chi connectivity index (χ0n) is 15.0. The first-order valence-corrected chi connectivity index (χ1v) is 8.87. The van der Waals surface area contributed by atoms with Gasteiger partial charge in [-0.2, -0.15) is 0 Å². The van der Waals surface area contributed by atoms with Crippen LogP contribution in [0.2, 0.25) is 0 Å². The molecule has 3 atom stereocenters. The van der Waals surface area contributed by atoms with Gasteiger partial charge >= 0.3 is 0 Å². The van der Waals surface area contributed by atoms with Gasteiger partial charge in [0.05, 0.1) is 17.1 Å². The highest BCUT2D eigenvalue weighted by Crippen LogP contribution is 2.32. The summed E-state index contributed by atoms with van der Waals surface area (Å²) in [5, 5.41) is 2.74. The molecular weight excluding hydrogens is 370 g/mol. The molecule has 2 amide bonds. The van der Waals surface area contributed by atoms with Crippen molar-refractivity contribution in [2.45, 2.75) is 25.6 Å². The first-order chi connectivity index (χ1) is 13.4. The molecule has 1 aromatic carbocycles. The third kappa shape index (κ3) is 2.74. The number of fused-ring (bicyclic) bond motifs is 3. The number of imidazole rings is 1. The average Bonchev–Trinajstić information content (AvgIpc) is 3.25. The van der Waals surface area contributed by atoms with Crippen LogP contribution in [0.25, 0.3) is 16.6 Å². The van der Waals surface area contributed by atoms with E-state index >= 15 is 0 Å². The van der Waals surface area contributed by atoms with Crippen molar-refractivity contribution in [3.8, 4) is 5.75 Å². The van der Waals surface area contributed by atoms with Crippen molar-refractivity contribution >= 4 is 28.4 Å². The van der Waals surface area contributed by atoms with Crippen molar-refractivity contribution in [3.63, 3.8) is 0 Å². The van der Waals surface area contributed by atoms with E-state index in [-0.39, 0.29) is 23.2 Å². The van der Waals surface area contributed by atoms with Crippen LogP contribution in [0.4, 0.5) is 8.78 Å². The van der Waals surface area contributed by atoms with Crippen LogP contribution in [0.5, 0.6) is 5.75 Å². The molecule has 0 saturated carbocycles. The highest BCUT2D eigenvalue weighted by atomic mass is 19.1. The molecule has 28 heavy (non-hydrogen) atoms. The number of nitrogens with one attached hydrogen (secondary N) is 1. The van der Waals surface area contributed by atoms with Crippen molar-refractivity contribution in [3.05, 3.63) is 42.0 Å². The minimum Gasteiger partial charge on any atom is -0.489 e. The number of alkyl halides is 1. The molecule has 7 nitrogen and oxygen atoms in total. The van der Waals surface area contributed by atoms with Gasteiger partial charge in [0.1, 0.15) is 23.8 Å². The number of halogens is 2. The van der Waals surface area contributed by atoms with Gasteiger partial charge in [0.2, 0.25) is 0 Å². The molecule has 0 radical (unpaired) electrons. The Labute approximate surface area is 158 Å². The monoisotopic (exact) mass is 388 g/mol. The summed E-state index contributed by atoms with van der Waals surface area (Å²) in [6.45, 7) is 1.83. The van der Waals surface area contributed by atoms with E-state index in [0.29, 0.717) is 17.7 Å². The Bertz CT molecular complexity index is 1100. The Hall–Kier alpha value is -3.23. The largest absolute Gasteiger partial charge is 0.489 e. The zero-order chi connectivity index (χ0) is 20.0. The van der Waals surface area contributed by atoms with E-state index in [9.17, 15) is 18.4 Å². The number of pyridine rings is 1. The average molecular weight is 388 g/mol. The number of nitrogens with zero attached hydrogens (tertiary/aromatic N) is 2. The third-order valence-corrected chi connectivity index (χ3v) is 5.16. The van der Waals surface area contributed by atoms with Crippen molar-refractivity contribution in [2.24, 2.45) is 11.7 Å². The van der Waals surface area contributed by atoms with Crippen LogP contribution >= 0.6 is 0 Å². The van der Waals surface area contributed by atoms with Crippen molar-refractivity contribution < 1.29 is 23.1 Å². The number of ether oxygens (including phenoxy) is 1. The normalized spacial score (nSPS) is 22.0. The molecule has 1 saturated heterocycles. The number of benzene rings is 1. The summed E-state index contributed by atoms with van der Waals surface area (Å²) < 4.78 is 35.8. The maximum Gasteiger partial charge on any atom is 0.255 e. The minimum atomic E-state index is -1.57. The Kier molecular flexibility index (Phi) is 4.37. The minimum absolute atomic E-state index is 0.0269. The van der Waals surface area contributed by atoms with Crippen LogP contribution in [-0.4, -0.2) is 40.0 Å². The summed E-state index contributed by atoms with van der Waals surface area (Å²) >= 11 is 0. The van der Waals surface area contributed by atoms with E-state index in [1.807, 2.05) is 0 Å². The Morgan fingerprint density at radius 2 is 2.21 bits per heavy atom. The fourth-order valence-electron chi connectivity index (χ4n) is 3.74. The second-order valence-electron chi connectivity index (χ2n) is 6.75. The zero-order valence-corrected chi connectivity index (χ0v) is 15.0. The molecule has 0 bridgehead atoms. The van der Waals surface area contributed by atoms with Gasteiger partial charge in [0, 0.05) is 23.7 Å². The standard InChI is InChI=1S/C19H18F2N4O3/c1-2-9-13(24-19(27)15(9)21)8-28-14-4-3-12(20)10-7-11(17(22)26)18-23-5-6-25(18)16(10)14/h3-7,9,13,15H,2,8H2,1H3,(H2,22,26)(H,24,27)/t9-,13+,15-/m0/s1. The number of amides is 2. The van der Waals surface area contributed by atoms with Gasteiger partial charge in [-0.25, -0.2) is 13.8 Å². The predicted molar refractivity (Wildman–Crippen MR) is 97.3 cm³/mol. The van der Waals surface area contributed by atoms with E-state index in [2.05, 4.69) is 10.3 Å². The van der Waals surface area contributed by atoms with E-state index in [4.69, 9.17) is 10.5 Å². The van der Waals surface area contributed by atoms with Gasteiger partial charge in [-0.15, -0.1) is 0 Å². The molecule has 1 aliphatic rings. The maximum absolute atomic E-state index is 14.5. The molecule has 4 rings (SSSR count). The molecule has 1 fully saturated rings. The second-order valence-corrected chi connectivity index (χ2v) is 6.75. The number of hydrogen-bond donors (Lipinski definition) is 2. The first kappa shape index (κ1) is 18.1. The Morgan fingerprint density at radius 1 is 1.43 bits per heavy atom. The number of aromatic nitrogens is 2. The van der Waals surface area contributed by atoms with Crippen molar-refractivity contribution in [1.82, 2.24) is 14.7 Å². The summed E-state index contributed by atoms with van der Waals surface area (Å²) in [4.78, 5) is 27.5. The topological polar surface area (TPSA) is 98.7 Å².